The average molecular weight is 592 g/mol. The summed E-state index contributed by atoms with van der Waals surface area (Å²) < 4.78 is 5.36. The van der Waals surface area contributed by atoms with Crippen LogP contribution in [0.4, 0.5) is 4.79 Å². The molecule has 1 aromatic heterocycles. The molecule has 1 aliphatic rings. The molecule has 0 aliphatic carbocycles. The fourth-order valence-electron chi connectivity index (χ4n) is 5.31. The lowest BCUT2D eigenvalue weighted by Gasteiger charge is -2.35. The molecule has 3 atom stereocenters. The number of hydrogen-bond acceptors (Lipinski definition) is 6. The summed E-state index contributed by atoms with van der Waals surface area (Å²) in [5.74, 6) is -1.11. The number of aromatic nitrogens is 1. The summed E-state index contributed by atoms with van der Waals surface area (Å²) >= 11 is 0. The number of nitrogens with one attached hydrogen (secondary N) is 2. The number of pyridine rings is 1. The van der Waals surface area contributed by atoms with Crippen LogP contribution in [-0.4, -0.2) is 65.8 Å². The standard InChI is InChI=1S/C33H45N5O5/c1-6-11-24(29(34)40)21-27(39)26-13-10-19-38(26)31(41)28(33(2,3)4)37-32(42)36-17-9-7-8-12-22-14-15-23-16-18-35-30(43-5)25(23)20-22/h6,8,12,14-16,18,20,24,26,28H,1,7,9-11,13,17,19,21H2,2-5H3,(H2,34,40)(H2,36,37,42)/b12-8+/t24?,26-,28+/m0/s1. The van der Waals surface area contributed by atoms with E-state index in [1.54, 1.807) is 24.3 Å². The van der Waals surface area contributed by atoms with E-state index in [0.29, 0.717) is 44.7 Å². The number of ketones is 1. The van der Waals surface area contributed by atoms with E-state index in [-0.39, 0.29) is 18.1 Å². The monoisotopic (exact) mass is 591 g/mol. The number of Topliss-reactive ketones (excluding diaryl/α,β-unsaturated/α-hetero) is 1. The van der Waals surface area contributed by atoms with E-state index in [4.69, 9.17) is 10.5 Å². The summed E-state index contributed by atoms with van der Waals surface area (Å²) in [4.78, 5) is 57.1. The number of unbranched alkanes of at least 4 members (excludes halogenated alkanes) is 1. The zero-order valence-corrected chi connectivity index (χ0v) is 25.7. The lowest BCUT2D eigenvalue weighted by atomic mass is 9.85. The van der Waals surface area contributed by atoms with Gasteiger partial charge < -0.3 is 26.0 Å². The normalized spacial score (nSPS) is 16.6. The maximum absolute atomic E-state index is 13.7. The second-order valence-electron chi connectivity index (χ2n) is 12.0. The summed E-state index contributed by atoms with van der Waals surface area (Å²) in [6.45, 7) is 10.1. The number of benzene rings is 1. The fourth-order valence-corrected chi connectivity index (χ4v) is 5.31. The number of methoxy groups -OCH3 is 1. The van der Waals surface area contributed by atoms with Gasteiger partial charge in [-0.15, -0.1) is 6.58 Å². The molecule has 0 saturated carbocycles. The van der Waals surface area contributed by atoms with Crippen LogP contribution in [0.1, 0.15) is 64.9 Å². The number of nitrogens with zero attached hydrogens (tertiary/aromatic N) is 2. The van der Waals surface area contributed by atoms with Crippen molar-refractivity contribution in [3.8, 4) is 5.88 Å². The van der Waals surface area contributed by atoms with E-state index in [0.717, 1.165) is 22.8 Å². The molecule has 1 unspecified atom stereocenters. The first kappa shape index (κ1) is 33.3. The quantitative estimate of drug-likeness (QED) is 0.220. The summed E-state index contributed by atoms with van der Waals surface area (Å²) in [5, 5.41) is 7.69. The second-order valence-corrected chi connectivity index (χ2v) is 12.0. The van der Waals surface area contributed by atoms with Crippen molar-refractivity contribution in [1.29, 1.82) is 0 Å². The van der Waals surface area contributed by atoms with Crippen LogP contribution < -0.4 is 21.1 Å². The molecule has 2 aromatic rings. The zero-order chi connectivity index (χ0) is 31.6. The van der Waals surface area contributed by atoms with Gasteiger partial charge in [0.2, 0.25) is 17.7 Å². The van der Waals surface area contributed by atoms with Crippen molar-refractivity contribution in [1.82, 2.24) is 20.5 Å². The number of urea groups is 1. The molecule has 1 aromatic carbocycles. The van der Waals surface area contributed by atoms with E-state index in [1.807, 2.05) is 57.2 Å². The Bertz CT molecular complexity index is 1350. The maximum Gasteiger partial charge on any atom is 0.315 e. The smallest absolute Gasteiger partial charge is 0.315 e. The first-order valence-electron chi connectivity index (χ1n) is 14.8. The molecular weight excluding hydrogens is 546 g/mol. The van der Waals surface area contributed by atoms with Crippen molar-refractivity contribution in [3.63, 3.8) is 0 Å². The number of allylic oxidation sites excluding steroid dienone is 2. The van der Waals surface area contributed by atoms with Gasteiger partial charge in [-0.1, -0.05) is 51.1 Å². The summed E-state index contributed by atoms with van der Waals surface area (Å²) in [7, 11) is 1.60. The van der Waals surface area contributed by atoms with E-state index < -0.39 is 35.4 Å². The van der Waals surface area contributed by atoms with Gasteiger partial charge in [-0.2, -0.15) is 0 Å². The van der Waals surface area contributed by atoms with Gasteiger partial charge in [0, 0.05) is 37.0 Å². The molecule has 1 fully saturated rings. The second kappa shape index (κ2) is 15.3. The number of rotatable bonds is 14. The van der Waals surface area contributed by atoms with E-state index in [9.17, 15) is 19.2 Å². The van der Waals surface area contributed by atoms with Gasteiger partial charge in [-0.05, 0) is 60.6 Å². The zero-order valence-electron chi connectivity index (χ0n) is 25.7. The van der Waals surface area contributed by atoms with Crippen molar-refractivity contribution >= 4 is 40.5 Å². The number of carbonyl (C=O) groups excluding carboxylic acids is 4. The largest absolute Gasteiger partial charge is 0.481 e. The van der Waals surface area contributed by atoms with Crippen LogP contribution in [0.2, 0.25) is 0 Å². The van der Waals surface area contributed by atoms with Crippen LogP contribution in [0, 0.1) is 11.3 Å². The van der Waals surface area contributed by atoms with Crippen LogP contribution in [-0.2, 0) is 14.4 Å². The molecule has 10 nitrogen and oxygen atoms in total. The number of carbonyl (C=O) groups is 4. The number of amides is 4. The Hall–Kier alpha value is -4.21. The number of ether oxygens (including phenoxy) is 1. The SMILES string of the molecule is C=CCC(CC(=O)[C@@H]1CCCN1C(=O)[C@@H](NC(=O)NCCC/C=C/c1ccc2ccnc(OC)c2c1)C(C)(C)C)C(N)=O. The number of nitrogens with two attached hydrogens (primary N) is 1. The van der Waals surface area contributed by atoms with Crippen molar-refractivity contribution in [2.24, 2.45) is 17.1 Å². The third-order valence-electron chi connectivity index (χ3n) is 7.69. The van der Waals surface area contributed by atoms with Gasteiger partial charge in [0.05, 0.1) is 13.2 Å². The molecule has 4 amide bonds. The number of fused-ring (bicyclic) bond motifs is 1. The van der Waals surface area contributed by atoms with E-state index in [2.05, 4.69) is 22.2 Å². The highest BCUT2D eigenvalue weighted by molar-refractivity contribution is 5.95. The Kier molecular flexibility index (Phi) is 11.9. The van der Waals surface area contributed by atoms with Crippen LogP contribution in [0.5, 0.6) is 5.88 Å². The summed E-state index contributed by atoms with van der Waals surface area (Å²) in [6, 6.07) is 6.12. The van der Waals surface area contributed by atoms with Crippen LogP contribution >= 0.6 is 0 Å². The fraction of sp³-hybridized carbons (Fsp3) is 0.485. The molecule has 1 aliphatic heterocycles. The highest BCUT2D eigenvalue weighted by atomic mass is 16.5. The van der Waals surface area contributed by atoms with Crippen LogP contribution in [0.3, 0.4) is 0 Å². The topological polar surface area (TPSA) is 144 Å². The number of likely N-dealkylation sites (tertiary alicyclic amines) is 1. The van der Waals surface area contributed by atoms with Gasteiger partial charge in [-0.25, -0.2) is 9.78 Å². The Balaban J connectivity index is 1.53. The molecule has 43 heavy (non-hydrogen) atoms. The first-order chi connectivity index (χ1) is 20.5. The highest BCUT2D eigenvalue weighted by Crippen LogP contribution is 2.28. The molecule has 0 spiro atoms. The third-order valence-corrected chi connectivity index (χ3v) is 7.69. The minimum Gasteiger partial charge on any atom is -0.481 e. The predicted octanol–water partition coefficient (Wildman–Crippen LogP) is 4.38. The van der Waals surface area contributed by atoms with Crippen molar-refractivity contribution in [2.75, 3.05) is 20.2 Å². The minimum absolute atomic E-state index is 0.0371. The Morgan fingerprint density at radius 1 is 1.23 bits per heavy atom. The van der Waals surface area contributed by atoms with Gasteiger partial charge in [0.1, 0.15) is 6.04 Å². The van der Waals surface area contributed by atoms with Gasteiger partial charge >= 0.3 is 6.03 Å². The minimum atomic E-state index is -0.833. The molecule has 3 rings (SSSR count). The van der Waals surface area contributed by atoms with Gasteiger partial charge in [0.15, 0.2) is 5.78 Å². The first-order valence-corrected chi connectivity index (χ1v) is 14.8. The maximum atomic E-state index is 13.7. The molecule has 232 valence electrons. The predicted molar refractivity (Wildman–Crippen MR) is 168 cm³/mol. The number of primary amides is 1. The van der Waals surface area contributed by atoms with Crippen LogP contribution in [0.15, 0.2) is 49.2 Å². The van der Waals surface area contributed by atoms with Crippen molar-refractivity contribution < 1.29 is 23.9 Å². The Morgan fingerprint density at radius 3 is 2.67 bits per heavy atom. The van der Waals surface area contributed by atoms with Crippen molar-refractivity contribution in [2.45, 2.75) is 71.4 Å². The van der Waals surface area contributed by atoms with Gasteiger partial charge in [0.25, 0.3) is 0 Å². The summed E-state index contributed by atoms with van der Waals surface area (Å²) in [6.07, 6.45) is 10.3. The Labute approximate surface area is 254 Å². The molecule has 0 radical (unpaired) electrons. The molecule has 0 bridgehead atoms. The third kappa shape index (κ3) is 9.14. The molecule has 10 heteroatoms. The highest BCUT2D eigenvalue weighted by Gasteiger charge is 2.42. The van der Waals surface area contributed by atoms with Crippen LogP contribution in [0.25, 0.3) is 16.8 Å². The summed E-state index contributed by atoms with van der Waals surface area (Å²) in [5.41, 5.74) is 5.90. The number of hydrogen-bond donors (Lipinski definition) is 3. The lowest BCUT2D eigenvalue weighted by molar-refractivity contribution is -0.141. The molecular formula is C33H45N5O5. The average Bonchev–Trinajstić information content (AvgIpc) is 3.46. The Morgan fingerprint density at radius 2 is 2.00 bits per heavy atom. The molecule has 1 saturated heterocycles. The van der Waals surface area contributed by atoms with E-state index in [1.165, 1.54) is 0 Å². The molecule has 4 N–H and O–H groups in total. The lowest BCUT2D eigenvalue weighted by Crippen LogP contribution is -2.58. The van der Waals surface area contributed by atoms with E-state index >= 15 is 0 Å². The van der Waals surface area contributed by atoms with Gasteiger partial charge in [-0.3, -0.25) is 14.4 Å². The molecule has 2 heterocycles. The van der Waals surface area contributed by atoms with Crippen molar-refractivity contribution in [3.05, 3.63) is 54.8 Å².